The number of morpholine rings is 1. The molecule has 1 aromatic heterocycles. The van der Waals surface area contributed by atoms with Crippen LogP contribution < -0.4 is 11.2 Å². The Bertz CT molecular complexity index is 1270. The fraction of sp³-hybridized carbons (Fsp3) is 0.375. The van der Waals surface area contributed by atoms with Crippen molar-refractivity contribution >= 4 is 16.8 Å². The first-order valence-corrected chi connectivity index (χ1v) is 10.6. The third kappa shape index (κ3) is 3.81. The molecule has 3 aromatic rings. The summed E-state index contributed by atoms with van der Waals surface area (Å²) in [5.74, 6) is -0.145. The van der Waals surface area contributed by atoms with Crippen LogP contribution in [0.4, 0.5) is 0 Å². The molecule has 1 fully saturated rings. The zero-order valence-corrected chi connectivity index (χ0v) is 18.3. The Morgan fingerprint density at radius 3 is 2.68 bits per heavy atom. The predicted molar refractivity (Wildman–Crippen MR) is 120 cm³/mol. The summed E-state index contributed by atoms with van der Waals surface area (Å²) in [6.07, 6.45) is -0.197. The van der Waals surface area contributed by atoms with Gasteiger partial charge in [0.25, 0.3) is 11.5 Å². The van der Waals surface area contributed by atoms with Crippen molar-refractivity contribution in [1.82, 2.24) is 14.5 Å². The smallest absolute Gasteiger partial charge is 0.328 e. The Morgan fingerprint density at radius 2 is 1.94 bits per heavy atom. The van der Waals surface area contributed by atoms with Crippen LogP contribution in [-0.2, 0) is 11.3 Å². The monoisotopic (exact) mass is 421 g/mol. The van der Waals surface area contributed by atoms with Gasteiger partial charge in [0.05, 0.1) is 30.1 Å². The molecule has 7 heteroatoms. The molecule has 2 atom stereocenters. The predicted octanol–water partition coefficient (Wildman–Crippen LogP) is 2.93. The molecule has 31 heavy (non-hydrogen) atoms. The van der Waals surface area contributed by atoms with E-state index in [1.807, 2.05) is 25.7 Å². The molecule has 1 aliphatic heterocycles. The van der Waals surface area contributed by atoms with E-state index in [0.29, 0.717) is 29.6 Å². The Hall–Kier alpha value is -3.19. The van der Waals surface area contributed by atoms with Crippen LogP contribution >= 0.6 is 0 Å². The summed E-state index contributed by atoms with van der Waals surface area (Å²) in [4.78, 5) is 42.6. The number of amides is 1. The van der Waals surface area contributed by atoms with Gasteiger partial charge in [-0.3, -0.25) is 14.2 Å². The highest BCUT2D eigenvalue weighted by Crippen LogP contribution is 2.29. The van der Waals surface area contributed by atoms with Crippen molar-refractivity contribution in [3.63, 3.8) is 0 Å². The van der Waals surface area contributed by atoms with E-state index in [0.717, 1.165) is 21.3 Å². The number of carbonyl (C=O) groups excluding carboxylic acids is 1. The van der Waals surface area contributed by atoms with E-state index in [4.69, 9.17) is 4.74 Å². The molecule has 2 heterocycles. The summed E-state index contributed by atoms with van der Waals surface area (Å²) in [7, 11) is 0. The molecule has 1 aliphatic rings. The van der Waals surface area contributed by atoms with Gasteiger partial charge < -0.3 is 14.6 Å². The van der Waals surface area contributed by atoms with Crippen LogP contribution in [0.2, 0.25) is 0 Å². The summed E-state index contributed by atoms with van der Waals surface area (Å²) in [5.41, 5.74) is 3.36. The molecule has 2 aromatic carbocycles. The Morgan fingerprint density at radius 1 is 1.16 bits per heavy atom. The molecule has 0 spiro atoms. The fourth-order valence-electron chi connectivity index (χ4n) is 4.18. The highest BCUT2D eigenvalue weighted by molar-refractivity contribution is 5.97. The largest absolute Gasteiger partial charge is 0.370 e. The molecule has 1 N–H and O–H groups in total. The van der Waals surface area contributed by atoms with Gasteiger partial charge >= 0.3 is 5.69 Å². The van der Waals surface area contributed by atoms with Gasteiger partial charge in [-0.25, -0.2) is 4.79 Å². The quantitative estimate of drug-likeness (QED) is 0.705. The van der Waals surface area contributed by atoms with Gasteiger partial charge in [0, 0.05) is 12.1 Å². The highest BCUT2D eigenvalue weighted by atomic mass is 16.5. The summed E-state index contributed by atoms with van der Waals surface area (Å²) >= 11 is 0. The SMILES string of the molecule is CCn1c(=O)[nH]c2cc(C(=O)N3C[C@H](c4cc(C)ccc4C)OC[C@H]3C)ccc2c1=O. The lowest BCUT2D eigenvalue weighted by Gasteiger charge is -2.38. The number of hydrogen-bond donors (Lipinski definition) is 1. The molecule has 0 bridgehead atoms. The average Bonchev–Trinajstić information content (AvgIpc) is 2.75. The topological polar surface area (TPSA) is 84.4 Å². The van der Waals surface area contributed by atoms with Crippen molar-refractivity contribution in [3.05, 3.63) is 79.5 Å². The fourth-order valence-corrected chi connectivity index (χ4v) is 4.18. The highest BCUT2D eigenvalue weighted by Gasteiger charge is 2.32. The molecule has 1 amide bonds. The summed E-state index contributed by atoms with van der Waals surface area (Å²) in [5, 5.41) is 0.390. The van der Waals surface area contributed by atoms with Crippen molar-refractivity contribution in [2.75, 3.05) is 13.2 Å². The van der Waals surface area contributed by atoms with Gasteiger partial charge in [0.2, 0.25) is 0 Å². The second kappa shape index (κ2) is 8.15. The molecule has 4 rings (SSSR count). The summed E-state index contributed by atoms with van der Waals surface area (Å²) in [6, 6.07) is 11.0. The zero-order chi connectivity index (χ0) is 22.3. The summed E-state index contributed by atoms with van der Waals surface area (Å²) in [6.45, 7) is 8.96. The van der Waals surface area contributed by atoms with Crippen molar-refractivity contribution in [3.8, 4) is 0 Å². The molecular formula is C24H27N3O4. The number of rotatable bonds is 3. The number of hydrogen-bond acceptors (Lipinski definition) is 4. The first-order valence-electron chi connectivity index (χ1n) is 10.6. The second-order valence-corrected chi connectivity index (χ2v) is 8.23. The van der Waals surface area contributed by atoms with Gasteiger partial charge in [0.1, 0.15) is 6.10 Å². The minimum atomic E-state index is -0.473. The lowest BCUT2D eigenvalue weighted by Crippen LogP contribution is -2.48. The number of carbonyl (C=O) groups is 1. The third-order valence-corrected chi connectivity index (χ3v) is 6.02. The first kappa shape index (κ1) is 21.1. The molecule has 0 aliphatic carbocycles. The number of aryl methyl sites for hydroxylation is 2. The maximum Gasteiger partial charge on any atom is 0.328 e. The van der Waals surface area contributed by atoms with Gasteiger partial charge in [-0.2, -0.15) is 0 Å². The van der Waals surface area contributed by atoms with E-state index in [9.17, 15) is 14.4 Å². The van der Waals surface area contributed by atoms with Gasteiger partial charge in [0.15, 0.2) is 0 Å². The van der Waals surface area contributed by atoms with Crippen molar-refractivity contribution in [1.29, 1.82) is 0 Å². The lowest BCUT2D eigenvalue weighted by atomic mass is 9.98. The first-order chi connectivity index (χ1) is 14.8. The minimum absolute atomic E-state index is 0.0864. The molecule has 0 unspecified atom stereocenters. The minimum Gasteiger partial charge on any atom is -0.370 e. The van der Waals surface area contributed by atoms with Crippen LogP contribution in [0.15, 0.2) is 46.0 Å². The van der Waals surface area contributed by atoms with Crippen LogP contribution in [-0.4, -0.2) is 39.6 Å². The number of aromatic nitrogens is 2. The molecule has 162 valence electrons. The zero-order valence-electron chi connectivity index (χ0n) is 18.3. The van der Waals surface area contributed by atoms with E-state index < -0.39 is 5.69 Å². The number of fused-ring (bicyclic) bond motifs is 1. The Labute approximate surface area is 180 Å². The molecular weight excluding hydrogens is 394 g/mol. The van der Waals surface area contributed by atoms with E-state index >= 15 is 0 Å². The van der Waals surface area contributed by atoms with Crippen LogP contribution in [0, 0.1) is 13.8 Å². The van der Waals surface area contributed by atoms with Gasteiger partial charge in [-0.1, -0.05) is 23.8 Å². The van der Waals surface area contributed by atoms with Crippen LogP contribution in [0.1, 0.15) is 47.0 Å². The van der Waals surface area contributed by atoms with Gasteiger partial charge in [-0.05, 0) is 57.0 Å². The second-order valence-electron chi connectivity index (χ2n) is 8.23. The Kier molecular flexibility index (Phi) is 5.54. The van der Waals surface area contributed by atoms with E-state index in [1.54, 1.807) is 25.1 Å². The summed E-state index contributed by atoms with van der Waals surface area (Å²) < 4.78 is 7.21. The van der Waals surface area contributed by atoms with E-state index in [1.165, 1.54) is 0 Å². The molecule has 7 nitrogen and oxygen atoms in total. The average molecular weight is 421 g/mol. The molecule has 0 radical (unpaired) electrons. The maximum absolute atomic E-state index is 13.4. The van der Waals surface area contributed by atoms with Crippen molar-refractivity contribution < 1.29 is 9.53 Å². The normalized spacial score (nSPS) is 19.0. The van der Waals surface area contributed by atoms with E-state index in [-0.39, 0.29) is 30.2 Å². The standard InChI is InChI=1S/C24H27N3O4/c1-5-26-23(29)18-9-8-17(11-20(18)25-24(26)30)22(28)27-12-21(31-13-16(27)4)19-10-14(2)6-7-15(19)3/h6-11,16,21H,5,12-13H2,1-4H3,(H,25,30)/t16-,21-/m1/s1. The number of H-pyrrole nitrogens is 1. The number of nitrogens with one attached hydrogen (secondary N) is 1. The number of aromatic amines is 1. The van der Waals surface area contributed by atoms with Gasteiger partial charge in [-0.15, -0.1) is 0 Å². The van der Waals surface area contributed by atoms with E-state index in [2.05, 4.69) is 23.2 Å². The van der Waals surface area contributed by atoms with Crippen LogP contribution in [0.5, 0.6) is 0 Å². The molecule has 0 saturated carbocycles. The number of nitrogens with zero attached hydrogens (tertiary/aromatic N) is 2. The van der Waals surface area contributed by atoms with Crippen LogP contribution in [0.3, 0.4) is 0 Å². The number of ether oxygens (including phenoxy) is 1. The van der Waals surface area contributed by atoms with Crippen LogP contribution in [0.25, 0.3) is 10.9 Å². The third-order valence-electron chi connectivity index (χ3n) is 6.02. The van der Waals surface area contributed by atoms with Crippen molar-refractivity contribution in [2.24, 2.45) is 0 Å². The Balaban J connectivity index is 1.67. The molecule has 1 saturated heterocycles. The number of benzene rings is 2. The van der Waals surface area contributed by atoms with Crippen molar-refractivity contribution in [2.45, 2.75) is 46.4 Å². The maximum atomic E-state index is 13.4. The lowest BCUT2D eigenvalue weighted by molar-refractivity contribution is -0.0489.